The van der Waals surface area contributed by atoms with Crippen molar-refractivity contribution in [2.24, 2.45) is 0 Å². The first-order chi connectivity index (χ1) is 11.0. The predicted molar refractivity (Wildman–Crippen MR) is 88.2 cm³/mol. The molecule has 1 aromatic heterocycles. The monoisotopic (exact) mass is 314 g/mol. The molecule has 0 unspecified atom stereocenters. The highest BCUT2D eigenvalue weighted by molar-refractivity contribution is 5.92. The van der Waals surface area contributed by atoms with E-state index < -0.39 is 5.97 Å². The molecule has 0 bridgehead atoms. The van der Waals surface area contributed by atoms with Crippen LogP contribution in [0.25, 0.3) is 0 Å². The van der Waals surface area contributed by atoms with Crippen LogP contribution in [-0.2, 0) is 12.1 Å². The number of anilines is 1. The van der Waals surface area contributed by atoms with Gasteiger partial charge in [0, 0.05) is 25.8 Å². The molecule has 1 aliphatic heterocycles. The quantitative estimate of drug-likeness (QED) is 0.903. The van der Waals surface area contributed by atoms with E-state index in [2.05, 4.69) is 41.2 Å². The van der Waals surface area contributed by atoms with Crippen molar-refractivity contribution in [2.45, 2.75) is 31.8 Å². The summed E-state index contributed by atoms with van der Waals surface area (Å²) < 4.78 is 1.74. The van der Waals surface area contributed by atoms with Crippen molar-refractivity contribution in [3.63, 3.8) is 0 Å². The number of carbonyl (C=O) groups is 1. The van der Waals surface area contributed by atoms with E-state index in [0.717, 1.165) is 32.5 Å². The number of hydrogen-bond donors (Lipinski definition) is 2. The van der Waals surface area contributed by atoms with Gasteiger partial charge in [-0.1, -0.05) is 30.3 Å². The minimum Gasteiger partial charge on any atom is -0.477 e. The van der Waals surface area contributed by atoms with Gasteiger partial charge in [-0.3, -0.25) is 9.58 Å². The molecule has 6 nitrogen and oxygen atoms in total. The number of aromatic nitrogens is 2. The lowest BCUT2D eigenvalue weighted by Gasteiger charge is -2.39. The van der Waals surface area contributed by atoms with Crippen LogP contribution in [-0.4, -0.2) is 38.8 Å². The van der Waals surface area contributed by atoms with E-state index in [1.165, 1.54) is 5.56 Å². The normalized spacial score (nSPS) is 18.0. The number of rotatable bonds is 4. The summed E-state index contributed by atoms with van der Waals surface area (Å²) in [5, 5.41) is 13.4. The Hall–Kier alpha value is -2.34. The van der Waals surface area contributed by atoms with Gasteiger partial charge >= 0.3 is 5.97 Å². The molecule has 2 aromatic rings. The van der Waals surface area contributed by atoms with Gasteiger partial charge in [-0.05, 0) is 25.3 Å². The summed E-state index contributed by atoms with van der Waals surface area (Å²) in [6.45, 7) is 4.96. The van der Waals surface area contributed by atoms with Crippen LogP contribution in [0, 0.1) is 0 Å². The van der Waals surface area contributed by atoms with Gasteiger partial charge in [0.2, 0.25) is 0 Å². The summed E-state index contributed by atoms with van der Waals surface area (Å²) in [7, 11) is 0. The largest absolute Gasteiger partial charge is 0.477 e. The minimum atomic E-state index is -1.03. The van der Waals surface area contributed by atoms with Gasteiger partial charge < -0.3 is 10.8 Å². The molecule has 3 N–H and O–H groups in total. The van der Waals surface area contributed by atoms with Crippen molar-refractivity contribution in [2.75, 3.05) is 18.8 Å². The van der Waals surface area contributed by atoms with E-state index in [-0.39, 0.29) is 16.9 Å². The summed E-state index contributed by atoms with van der Waals surface area (Å²) in [5.41, 5.74) is 6.92. The van der Waals surface area contributed by atoms with E-state index >= 15 is 0 Å². The Morgan fingerprint density at radius 2 is 1.96 bits per heavy atom. The number of nitrogen functional groups attached to an aromatic ring is 1. The lowest BCUT2D eigenvalue weighted by atomic mass is 9.89. The predicted octanol–water partition coefficient (Wildman–Crippen LogP) is 2.17. The lowest BCUT2D eigenvalue weighted by molar-refractivity contribution is 0.0697. The van der Waals surface area contributed by atoms with E-state index in [4.69, 9.17) is 10.8 Å². The lowest BCUT2D eigenvalue weighted by Crippen LogP contribution is -2.44. The van der Waals surface area contributed by atoms with Crippen molar-refractivity contribution in [3.05, 3.63) is 47.7 Å². The Morgan fingerprint density at radius 3 is 2.52 bits per heavy atom. The molecule has 3 rings (SSSR count). The average molecular weight is 314 g/mol. The van der Waals surface area contributed by atoms with Gasteiger partial charge in [0.15, 0.2) is 5.82 Å². The number of aromatic carboxylic acids is 1. The molecule has 6 heteroatoms. The van der Waals surface area contributed by atoms with E-state index in [9.17, 15) is 4.79 Å². The molecule has 0 amide bonds. The fourth-order valence-electron chi connectivity index (χ4n) is 3.09. The van der Waals surface area contributed by atoms with Crippen LogP contribution in [0.15, 0.2) is 36.5 Å². The van der Waals surface area contributed by atoms with Crippen LogP contribution >= 0.6 is 0 Å². The Kier molecular flexibility index (Phi) is 4.09. The number of nitrogens with zero attached hydrogens (tertiary/aromatic N) is 3. The molecule has 0 radical (unpaired) electrons. The Balaban J connectivity index is 1.67. The summed E-state index contributed by atoms with van der Waals surface area (Å²) in [6, 6.07) is 10.4. The smallest absolute Gasteiger partial charge is 0.341 e. The Bertz CT molecular complexity index is 688. The van der Waals surface area contributed by atoms with Crippen LogP contribution in [0.3, 0.4) is 0 Å². The van der Waals surface area contributed by atoms with Crippen molar-refractivity contribution in [3.8, 4) is 0 Å². The van der Waals surface area contributed by atoms with E-state index in [0.29, 0.717) is 0 Å². The van der Waals surface area contributed by atoms with Gasteiger partial charge in [-0.2, -0.15) is 5.10 Å². The van der Waals surface area contributed by atoms with Gasteiger partial charge in [0.1, 0.15) is 5.56 Å². The van der Waals surface area contributed by atoms with Crippen molar-refractivity contribution in [1.29, 1.82) is 0 Å². The molecule has 0 spiro atoms. The topological polar surface area (TPSA) is 84.4 Å². The standard InChI is InChI=1S/C17H22N4O2/c1-17(21-12-14(16(22)23)15(18)19-21)7-9-20(10-8-17)11-13-5-3-2-4-6-13/h2-6,12H,7-11H2,1H3,(H2,18,19)(H,22,23). The van der Waals surface area contributed by atoms with E-state index in [1.54, 1.807) is 10.9 Å². The van der Waals surface area contributed by atoms with Crippen LogP contribution in [0.1, 0.15) is 35.7 Å². The average Bonchev–Trinajstić information content (AvgIpc) is 2.94. The first-order valence-electron chi connectivity index (χ1n) is 7.83. The third kappa shape index (κ3) is 3.22. The molecule has 1 saturated heterocycles. The molecule has 2 heterocycles. The number of benzene rings is 1. The zero-order chi connectivity index (χ0) is 16.4. The molecule has 122 valence electrons. The van der Waals surface area contributed by atoms with Gasteiger partial charge in [-0.15, -0.1) is 0 Å². The second-order valence-electron chi connectivity index (χ2n) is 6.44. The Morgan fingerprint density at radius 1 is 1.30 bits per heavy atom. The molecule has 1 aromatic carbocycles. The van der Waals surface area contributed by atoms with Gasteiger partial charge in [0.25, 0.3) is 0 Å². The third-order valence-corrected chi connectivity index (χ3v) is 4.71. The summed E-state index contributed by atoms with van der Waals surface area (Å²) in [6.07, 6.45) is 3.39. The number of likely N-dealkylation sites (tertiary alicyclic amines) is 1. The molecular weight excluding hydrogens is 292 g/mol. The zero-order valence-electron chi connectivity index (χ0n) is 13.3. The maximum atomic E-state index is 11.1. The van der Waals surface area contributed by atoms with Crippen LogP contribution < -0.4 is 5.73 Å². The number of carboxylic acid groups (broad SMARTS) is 1. The number of hydrogen-bond acceptors (Lipinski definition) is 4. The first-order valence-corrected chi connectivity index (χ1v) is 7.83. The highest BCUT2D eigenvalue weighted by atomic mass is 16.4. The number of nitrogens with two attached hydrogens (primary N) is 1. The maximum absolute atomic E-state index is 11.1. The van der Waals surface area contributed by atoms with Gasteiger partial charge in [0.05, 0.1) is 5.54 Å². The SMILES string of the molecule is CC1(n2cc(C(=O)O)c(N)n2)CCN(Cc2ccccc2)CC1. The fraction of sp³-hybridized carbons (Fsp3) is 0.412. The molecular formula is C17H22N4O2. The van der Waals surface area contributed by atoms with Crippen LogP contribution in [0.5, 0.6) is 0 Å². The zero-order valence-corrected chi connectivity index (χ0v) is 13.3. The highest BCUT2D eigenvalue weighted by Gasteiger charge is 2.33. The number of piperidine rings is 1. The first kappa shape index (κ1) is 15.6. The molecule has 0 atom stereocenters. The fourth-order valence-corrected chi connectivity index (χ4v) is 3.09. The van der Waals surface area contributed by atoms with E-state index in [1.807, 2.05) is 6.07 Å². The minimum absolute atomic E-state index is 0.0814. The number of carboxylic acids is 1. The molecule has 0 saturated carbocycles. The van der Waals surface area contributed by atoms with Gasteiger partial charge in [-0.25, -0.2) is 4.79 Å². The molecule has 23 heavy (non-hydrogen) atoms. The van der Waals surface area contributed by atoms with Crippen molar-refractivity contribution in [1.82, 2.24) is 14.7 Å². The van der Waals surface area contributed by atoms with Crippen molar-refractivity contribution >= 4 is 11.8 Å². The second kappa shape index (κ2) is 6.04. The van der Waals surface area contributed by atoms with Crippen molar-refractivity contribution < 1.29 is 9.90 Å². The third-order valence-electron chi connectivity index (χ3n) is 4.71. The molecule has 1 fully saturated rings. The molecule has 1 aliphatic rings. The highest BCUT2D eigenvalue weighted by Crippen LogP contribution is 2.31. The summed E-state index contributed by atoms with van der Waals surface area (Å²) in [4.78, 5) is 13.6. The maximum Gasteiger partial charge on any atom is 0.341 e. The molecule has 0 aliphatic carbocycles. The van der Waals surface area contributed by atoms with Crippen LogP contribution in [0.2, 0.25) is 0 Å². The van der Waals surface area contributed by atoms with Crippen LogP contribution in [0.4, 0.5) is 5.82 Å². The summed E-state index contributed by atoms with van der Waals surface area (Å²) in [5.74, 6) is -0.940. The summed E-state index contributed by atoms with van der Waals surface area (Å²) >= 11 is 0. The second-order valence-corrected chi connectivity index (χ2v) is 6.44. The Labute approximate surface area is 135 Å².